The highest BCUT2D eigenvalue weighted by molar-refractivity contribution is 5.71. The maximum Gasteiger partial charge on any atom is 0.332 e. The third-order valence-electron chi connectivity index (χ3n) is 3.92. The van der Waals surface area contributed by atoms with Gasteiger partial charge in [-0.2, -0.15) is 0 Å². The van der Waals surface area contributed by atoms with E-state index in [0.29, 0.717) is 0 Å². The standard InChI is InChI=1S/C15H34N2.C3H6O3.CH5N3/c1-3-4-5-6-7-8-9-10-11-12-13-15(17)14(2)16;1-2(4)3(5)6;2-1(3)4/h14-15H,3-13,16-17H2,1-2H3;2,4H,1H3,(H,5,6);(H5,2,3,4). The number of aliphatic hydroxyl groups is 1. The van der Waals surface area contributed by atoms with Gasteiger partial charge in [-0.15, -0.1) is 0 Å². The van der Waals surface area contributed by atoms with Crippen LogP contribution in [0.25, 0.3) is 0 Å². The Balaban J connectivity index is -0.000000472. The van der Waals surface area contributed by atoms with Crippen molar-refractivity contribution in [3.63, 3.8) is 0 Å². The van der Waals surface area contributed by atoms with Crippen LogP contribution in [-0.4, -0.2) is 40.3 Å². The van der Waals surface area contributed by atoms with E-state index in [1.165, 1.54) is 71.1 Å². The molecule has 0 saturated heterocycles. The average Bonchev–Trinajstić information content (AvgIpc) is 2.56. The summed E-state index contributed by atoms with van der Waals surface area (Å²) in [6.07, 6.45) is 13.7. The second kappa shape index (κ2) is 22.7. The Morgan fingerprint density at radius 3 is 1.44 bits per heavy atom. The van der Waals surface area contributed by atoms with Gasteiger partial charge in [-0.25, -0.2) is 4.79 Å². The molecule has 3 unspecified atom stereocenters. The molecule has 0 bridgehead atoms. The number of hydrogen-bond acceptors (Lipinski definition) is 5. The van der Waals surface area contributed by atoms with E-state index in [-0.39, 0.29) is 18.0 Å². The molecule has 0 spiro atoms. The maximum absolute atomic E-state index is 9.45. The Kier molecular flexibility index (Phi) is 25.5. The van der Waals surface area contributed by atoms with E-state index in [9.17, 15) is 4.79 Å². The molecule has 8 nitrogen and oxygen atoms in total. The first-order chi connectivity index (χ1) is 12.6. The Hall–Kier alpha value is -1.38. The van der Waals surface area contributed by atoms with E-state index in [0.717, 1.165) is 6.42 Å². The van der Waals surface area contributed by atoms with Crippen molar-refractivity contribution < 1.29 is 15.0 Å². The zero-order valence-corrected chi connectivity index (χ0v) is 17.6. The number of hydrogen-bond donors (Lipinski definition) is 7. The number of carboxylic acids is 1. The highest BCUT2D eigenvalue weighted by atomic mass is 16.4. The van der Waals surface area contributed by atoms with Gasteiger partial charge in [-0.1, -0.05) is 71.1 Å². The Morgan fingerprint density at radius 1 is 0.889 bits per heavy atom. The van der Waals surface area contributed by atoms with E-state index in [1.807, 2.05) is 6.92 Å². The van der Waals surface area contributed by atoms with Crippen LogP contribution >= 0.6 is 0 Å². The minimum atomic E-state index is -1.23. The van der Waals surface area contributed by atoms with Crippen LogP contribution in [0.15, 0.2) is 0 Å². The second-order valence-corrected chi connectivity index (χ2v) is 6.96. The first-order valence-corrected chi connectivity index (χ1v) is 10.1. The summed E-state index contributed by atoms with van der Waals surface area (Å²) in [6, 6.07) is 0.345. The van der Waals surface area contributed by atoms with Crippen LogP contribution in [0.2, 0.25) is 0 Å². The summed E-state index contributed by atoms with van der Waals surface area (Å²) in [5.74, 6) is -1.52. The lowest BCUT2D eigenvalue weighted by Crippen LogP contribution is -2.38. The number of guanidine groups is 1. The van der Waals surface area contributed by atoms with Gasteiger partial charge in [0.25, 0.3) is 0 Å². The number of carbonyl (C=O) groups is 1. The predicted octanol–water partition coefficient (Wildman–Crippen LogP) is 2.26. The number of nitrogens with two attached hydrogens (primary N) is 4. The van der Waals surface area contributed by atoms with Gasteiger partial charge in [0.2, 0.25) is 0 Å². The predicted molar refractivity (Wildman–Crippen MR) is 114 cm³/mol. The summed E-state index contributed by atoms with van der Waals surface area (Å²) in [6.45, 7) is 5.47. The van der Waals surface area contributed by atoms with Gasteiger partial charge >= 0.3 is 5.97 Å². The fourth-order valence-electron chi connectivity index (χ4n) is 2.13. The van der Waals surface area contributed by atoms with Crippen molar-refractivity contribution in [2.75, 3.05) is 0 Å². The molecule has 0 saturated carbocycles. The summed E-state index contributed by atoms with van der Waals surface area (Å²) < 4.78 is 0. The van der Waals surface area contributed by atoms with Crippen LogP contribution < -0.4 is 22.9 Å². The highest BCUT2D eigenvalue weighted by Gasteiger charge is 2.06. The molecule has 0 rings (SSSR count). The Morgan fingerprint density at radius 2 is 1.19 bits per heavy atom. The first kappa shape index (κ1) is 30.4. The quantitative estimate of drug-likeness (QED) is 0.142. The lowest BCUT2D eigenvalue weighted by Gasteiger charge is -2.14. The molecule has 0 aromatic carbocycles. The molecular formula is C19H45N5O3. The molecule has 0 heterocycles. The normalized spacial score (nSPS) is 13.3. The Labute approximate surface area is 165 Å². The lowest BCUT2D eigenvalue weighted by molar-refractivity contribution is -0.145. The molecule has 0 aromatic heterocycles. The van der Waals surface area contributed by atoms with E-state index >= 15 is 0 Å². The summed E-state index contributed by atoms with van der Waals surface area (Å²) >= 11 is 0. The van der Waals surface area contributed by atoms with Crippen molar-refractivity contribution in [2.24, 2.45) is 22.9 Å². The fourth-order valence-corrected chi connectivity index (χ4v) is 2.13. The SMILES string of the molecule is CC(O)C(=O)O.CCCCCCCCCCCCC(N)C(C)N.N=C(N)N. The van der Waals surface area contributed by atoms with Crippen LogP contribution in [0.1, 0.15) is 91.4 Å². The van der Waals surface area contributed by atoms with Crippen molar-refractivity contribution in [1.29, 1.82) is 5.41 Å². The van der Waals surface area contributed by atoms with Gasteiger partial charge in [-0.05, 0) is 20.3 Å². The number of carboxylic acid groups (broad SMARTS) is 1. The van der Waals surface area contributed by atoms with Crippen molar-refractivity contribution in [2.45, 2.75) is 110 Å². The molecule has 0 amide bonds. The van der Waals surface area contributed by atoms with Crippen LogP contribution in [0.4, 0.5) is 0 Å². The molecule has 0 radical (unpaired) electrons. The molecule has 0 fully saturated rings. The van der Waals surface area contributed by atoms with Crippen molar-refractivity contribution in [1.82, 2.24) is 0 Å². The molecule has 0 aromatic rings. The summed E-state index contributed by atoms with van der Waals surface area (Å²) in [4.78, 5) is 9.45. The van der Waals surface area contributed by atoms with Gasteiger partial charge in [0.15, 0.2) is 5.96 Å². The monoisotopic (exact) mass is 391 g/mol. The summed E-state index contributed by atoms with van der Waals surface area (Å²) in [5.41, 5.74) is 20.6. The molecule has 11 N–H and O–H groups in total. The van der Waals surface area contributed by atoms with Crippen LogP contribution in [0.5, 0.6) is 0 Å². The smallest absolute Gasteiger partial charge is 0.332 e. The molecule has 0 aliphatic carbocycles. The van der Waals surface area contributed by atoms with Crippen molar-refractivity contribution >= 4 is 11.9 Å². The minimum Gasteiger partial charge on any atom is -0.479 e. The van der Waals surface area contributed by atoms with E-state index in [4.69, 9.17) is 27.1 Å². The van der Waals surface area contributed by atoms with E-state index in [2.05, 4.69) is 18.4 Å². The Bertz CT molecular complexity index is 335. The van der Waals surface area contributed by atoms with Crippen LogP contribution in [-0.2, 0) is 4.79 Å². The third kappa shape index (κ3) is 36.3. The lowest BCUT2D eigenvalue weighted by atomic mass is 10.0. The molecule has 164 valence electrons. The zero-order chi connectivity index (χ0) is 21.7. The van der Waals surface area contributed by atoms with Crippen LogP contribution in [0.3, 0.4) is 0 Å². The largest absolute Gasteiger partial charge is 0.479 e. The number of aliphatic hydroxyl groups excluding tert-OH is 1. The minimum absolute atomic E-state index is 0.147. The second-order valence-electron chi connectivity index (χ2n) is 6.96. The topological polar surface area (TPSA) is 185 Å². The summed E-state index contributed by atoms with van der Waals surface area (Å²) in [5, 5.41) is 21.8. The van der Waals surface area contributed by atoms with Gasteiger partial charge in [0.05, 0.1) is 0 Å². The molecule has 0 aliphatic rings. The average molecular weight is 392 g/mol. The van der Waals surface area contributed by atoms with Gasteiger partial charge in [0.1, 0.15) is 6.10 Å². The number of unbranched alkanes of at least 4 members (excludes halogenated alkanes) is 9. The van der Waals surface area contributed by atoms with Gasteiger partial charge in [0, 0.05) is 12.1 Å². The molecule has 0 aliphatic heterocycles. The highest BCUT2D eigenvalue weighted by Crippen LogP contribution is 2.11. The number of nitrogens with one attached hydrogen (secondary N) is 1. The molecule has 27 heavy (non-hydrogen) atoms. The fraction of sp³-hybridized carbons (Fsp3) is 0.895. The van der Waals surface area contributed by atoms with E-state index < -0.39 is 12.1 Å². The van der Waals surface area contributed by atoms with Crippen molar-refractivity contribution in [3.05, 3.63) is 0 Å². The maximum atomic E-state index is 9.45. The summed E-state index contributed by atoms with van der Waals surface area (Å²) in [7, 11) is 0. The zero-order valence-electron chi connectivity index (χ0n) is 17.6. The first-order valence-electron chi connectivity index (χ1n) is 10.1. The van der Waals surface area contributed by atoms with E-state index in [1.54, 1.807) is 0 Å². The van der Waals surface area contributed by atoms with Gasteiger partial charge in [-0.3, -0.25) is 5.41 Å². The van der Waals surface area contributed by atoms with Gasteiger partial charge < -0.3 is 33.1 Å². The number of aliphatic carboxylic acids is 1. The third-order valence-corrected chi connectivity index (χ3v) is 3.92. The molecular weight excluding hydrogens is 346 g/mol. The number of rotatable bonds is 13. The van der Waals surface area contributed by atoms with Crippen molar-refractivity contribution in [3.8, 4) is 0 Å². The van der Waals surface area contributed by atoms with Crippen LogP contribution in [0, 0.1) is 5.41 Å². The molecule has 8 heteroatoms. The molecule has 3 atom stereocenters.